The van der Waals surface area contributed by atoms with E-state index >= 15 is 0 Å². The second-order valence-electron chi connectivity index (χ2n) is 10.3. The van der Waals surface area contributed by atoms with Crippen molar-refractivity contribution in [3.63, 3.8) is 0 Å². The average Bonchev–Trinajstić information content (AvgIpc) is 3.29. The lowest BCUT2D eigenvalue weighted by atomic mass is 9.71. The van der Waals surface area contributed by atoms with Crippen molar-refractivity contribution in [3.8, 4) is 0 Å². The van der Waals surface area contributed by atoms with Crippen LogP contribution in [-0.2, 0) is 12.8 Å². The number of rotatable bonds is 4. The van der Waals surface area contributed by atoms with Crippen LogP contribution in [0, 0.1) is 32.1 Å². The second-order valence-corrected chi connectivity index (χ2v) is 10.3. The van der Waals surface area contributed by atoms with Crippen LogP contribution in [0.5, 0.6) is 0 Å². The van der Waals surface area contributed by atoms with Gasteiger partial charge in [0.2, 0.25) is 0 Å². The lowest BCUT2D eigenvalue weighted by Gasteiger charge is -2.33. The van der Waals surface area contributed by atoms with E-state index in [0.29, 0.717) is 11.6 Å². The molecule has 0 bridgehead atoms. The molecule has 0 aliphatic heterocycles. The molecule has 32 heavy (non-hydrogen) atoms. The maximum atomic E-state index is 13.2. The second kappa shape index (κ2) is 8.23. The lowest BCUT2D eigenvalue weighted by Crippen LogP contribution is -2.27. The van der Waals surface area contributed by atoms with E-state index in [1.165, 1.54) is 11.1 Å². The third kappa shape index (κ3) is 4.10. The summed E-state index contributed by atoms with van der Waals surface area (Å²) in [6, 6.07) is 8.54. The van der Waals surface area contributed by atoms with Gasteiger partial charge in [-0.1, -0.05) is 55.8 Å². The van der Waals surface area contributed by atoms with E-state index in [9.17, 15) is 4.79 Å². The van der Waals surface area contributed by atoms with Crippen molar-refractivity contribution in [1.82, 2.24) is 14.9 Å². The van der Waals surface area contributed by atoms with Gasteiger partial charge < -0.3 is 9.84 Å². The third-order valence-electron chi connectivity index (χ3n) is 6.97. The van der Waals surface area contributed by atoms with Crippen molar-refractivity contribution < 1.29 is 9.32 Å². The molecule has 1 aliphatic rings. The summed E-state index contributed by atoms with van der Waals surface area (Å²) < 4.78 is 7.52. The van der Waals surface area contributed by atoms with Crippen molar-refractivity contribution in [2.45, 2.75) is 73.8 Å². The largest absolute Gasteiger partial charge is 0.360 e. The average molecular weight is 435 g/mol. The zero-order valence-electron chi connectivity index (χ0n) is 20.2. The van der Waals surface area contributed by atoms with Gasteiger partial charge in [-0.2, -0.15) is 5.10 Å². The minimum absolute atomic E-state index is 0.0623. The van der Waals surface area contributed by atoms with Crippen LogP contribution in [0.4, 0.5) is 5.69 Å². The molecule has 6 heteroatoms. The highest BCUT2D eigenvalue weighted by Crippen LogP contribution is 2.38. The van der Waals surface area contributed by atoms with Crippen molar-refractivity contribution in [2.75, 3.05) is 5.32 Å². The predicted octanol–water partition coefficient (Wildman–Crippen LogP) is 5.81. The summed E-state index contributed by atoms with van der Waals surface area (Å²) >= 11 is 0. The van der Waals surface area contributed by atoms with Gasteiger partial charge in [-0.3, -0.25) is 9.48 Å². The number of carbonyl (C=O) groups is 1. The van der Waals surface area contributed by atoms with Gasteiger partial charge in [0, 0.05) is 12.0 Å². The summed E-state index contributed by atoms with van der Waals surface area (Å²) in [4.78, 5) is 13.2. The van der Waals surface area contributed by atoms with Crippen LogP contribution in [-0.4, -0.2) is 20.8 Å². The van der Waals surface area contributed by atoms with Crippen LogP contribution >= 0.6 is 0 Å². The zero-order valence-corrected chi connectivity index (χ0v) is 20.2. The Labute approximate surface area is 190 Å². The molecule has 1 amide bonds. The summed E-state index contributed by atoms with van der Waals surface area (Å²) in [6.07, 6.45) is 2.73. The topological polar surface area (TPSA) is 73.0 Å². The molecule has 0 saturated carbocycles. The van der Waals surface area contributed by atoms with E-state index in [2.05, 4.69) is 69.4 Å². The third-order valence-corrected chi connectivity index (χ3v) is 6.97. The lowest BCUT2D eigenvalue weighted by molar-refractivity contribution is 0.101. The number of carbonyl (C=O) groups excluding carboxylic acids is 1. The number of nitrogens with one attached hydrogen (secondary N) is 1. The molecule has 3 aromatic rings. The number of aryl methyl sites for hydroxylation is 3. The van der Waals surface area contributed by atoms with Gasteiger partial charge in [-0.15, -0.1) is 0 Å². The Morgan fingerprint density at radius 1 is 1.19 bits per heavy atom. The van der Waals surface area contributed by atoms with E-state index in [0.717, 1.165) is 47.7 Å². The van der Waals surface area contributed by atoms with Crippen molar-refractivity contribution in [3.05, 3.63) is 63.8 Å². The zero-order chi connectivity index (χ0) is 23.2. The van der Waals surface area contributed by atoms with E-state index in [1.54, 1.807) is 0 Å². The fourth-order valence-corrected chi connectivity index (χ4v) is 4.70. The quantitative estimate of drug-likeness (QED) is 0.562. The SMILES string of the molecule is Cc1ccc(C(C)n2nc(C)c(NC(=O)c3noc4c3CC(C(C)(C)C)CC4)c2C)cc1. The molecule has 170 valence electrons. The molecule has 1 aromatic carbocycles. The van der Waals surface area contributed by atoms with E-state index in [4.69, 9.17) is 9.62 Å². The number of hydrogen-bond acceptors (Lipinski definition) is 4. The molecule has 2 aromatic heterocycles. The Hall–Kier alpha value is -2.89. The molecular formula is C26H34N4O2. The smallest absolute Gasteiger partial charge is 0.278 e. The highest BCUT2D eigenvalue weighted by molar-refractivity contribution is 6.04. The predicted molar refractivity (Wildman–Crippen MR) is 126 cm³/mol. The fourth-order valence-electron chi connectivity index (χ4n) is 4.70. The van der Waals surface area contributed by atoms with Crippen LogP contribution in [0.3, 0.4) is 0 Å². The number of aromatic nitrogens is 3. The summed E-state index contributed by atoms with van der Waals surface area (Å²) in [6.45, 7) is 14.9. The maximum Gasteiger partial charge on any atom is 0.278 e. The number of nitrogens with zero attached hydrogens (tertiary/aromatic N) is 3. The minimum atomic E-state index is -0.224. The van der Waals surface area contributed by atoms with Gasteiger partial charge in [-0.25, -0.2) is 0 Å². The molecule has 0 spiro atoms. The molecule has 1 N–H and O–H groups in total. The molecule has 0 radical (unpaired) electrons. The van der Waals surface area contributed by atoms with Gasteiger partial charge in [0.15, 0.2) is 5.69 Å². The van der Waals surface area contributed by atoms with Crippen LogP contribution in [0.1, 0.15) is 84.5 Å². The van der Waals surface area contributed by atoms with Crippen LogP contribution in [0.2, 0.25) is 0 Å². The minimum Gasteiger partial charge on any atom is -0.360 e. The van der Waals surface area contributed by atoms with Crippen LogP contribution in [0.25, 0.3) is 0 Å². The van der Waals surface area contributed by atoms with Crippen LogP contribution in [0.15, 0.2) is 28.8 Å². The first-order chi connectivity index (χ1) is 15.1. The van der Waals surface area contributed by atoms with Crippen molar-refractivity contribution in [1.29, 1.82) is 0 Å². The first kappa shape index (κ1) is 22.3. The summed E-state index contributed by atoms with van der Waals surface area (Å²) in [5, 5.41) is 12.0. The molecule has 2 heterocycles. The van der Waals surface area contributed by atoms with Gasteiger partial charge in [0.25, 0.3) is 5.91 Å². The number of anilines is 1. The Morgan fingerprint density at radius 2 is 1.88 bits per heavy atom. The standard InChI is InChI=1S/C26H34N4O2/c1-15-8-10-19(11-9-15)17(3)30-18(4)23(16(2)28-30)27-25(31)24-21-14-20(26(5,6)7)12-13-22(21)32-29-24/h8-11,17,20H,12-14H2,1-7H3,(H,27,31). The molecule has 0 fully saturated rings. The molecule has 2 atom stereocenters. The van der Waals surface area contributed by atoms with Gasteiger partial charge in [0.1, 0.15) is 5.76 Å². The van der Waals surface area contributed by atoms with Gasteiger partial charge >= 0.3 is 0 Å². The number of amides is 1. The Bertz CT molecular complexity index is 1130. The number of hydrogen-bond donors (Lipinski definition) is 1. The monoisotopic (exact) mass is 434 g/mol. The number of benzene rings is 1. The molecule has 2 unspecified atom stereocenters. The first-order valence-corrected chi connectivity index (χ1v) is 11.5. The van der Waals surface area contributed by atoms with Crippen molar-refractivity contribution in [2.24, 2.45) is 11.3 Å². The van der Waals surface area contributed by atoms with E-state index in [-0.39, 0.29) is 17.4 Å². The Morgan fingerprint density at radius 3 is 2.53 bits per heavy atom. The normalized spacial score (nSPS) is 17.2. The highest BCUT2D eigenvalue weighted by atomic mass is 16.5. The van der Waals surface area contributed by atoms with Gasteiger partial charge in [0.05, 0.1) is 23.1 Å². The van der Waals surface area contributed by atoms with Crippen molar-refractivity contribution >= 4 is 11.6 Å². The maximum absolute atomic E-state index is 13.2. The van der Waals surface area contributed by atoms with Crippen LogP contribution < -0.4 is 5.32 Å². The highest BCUT2D eigenvalue weighted by Gasteiger charge is 2.34. The van der Waals surface area contributed by atoms with E-state index in [1.807, 2.05) is 18.5 Å². The molecule has 0 saturated heterocycles. The first-order valence-electron chi connectivity index (χ1n) is 11.5. The Balaban J connectivity index is 1.58. The molecule has 4 rings (SSSR count). The Kier molecular flexibility index (Phi) is 5.74. The van der Waals surface area contributed by atoms with Gasteiger partial charge in [-0.05, 0) is 57.4 Å². The van der Waals surface area contributed by atoms with E-state index < -0.39 is 0 Å². The summed E-state index contributed by atoms with van der Waals surface area (Å²) in [7, 11) is 0. The fraction of sp³-hybridized carbons (Fsp3) is 0.500. The number of fused-ring (bicyclic) bond motifs is 1. The summed E-state index contributed by atoms with van der Waals surface area (Å²) in [5.74, 6) is 1.13. The molecular weight excluding hydrogens is 400 g/mol. The molecule has 6 nitrogen and oxygen atoms in total. The molecule has 1 aliphatic carbocycles. The summed E-state index contributed by atoms with van der Waals surface area (Å²) in [5.41, 5.74) is 6.42.